The molecule has 0 saturated carbocycles. The van der Waals surface area contributed by atoms with Gasteiger partial charge in [0, 0.05) is 20.1 Å². The van der Waals surface area contributed by atoms with Gasteiger partial charge in [-0.05, 0) is 41.8 Å². The van der Waals surface area contributed by atoms with E-state index in [0.717, 1.165) is 11.4 Å². The van der Waals surface area contributed by atoms with Crippen molar-refractivity contribution >= 4 is 36.0 Å². The van der Waals surface area contributed by atoms with Crippen LogP contribution in [0.3, 0.4) is 0 Å². The number of fused-ring (bicyclic) bond motifs is 2. The van der Waals surface area contributed by atoms with E-state index < -0.39 is 0 Å². The van der Waals surface area contributed by atoms with Crippen molar-refractivity contribution in [1.82, 2.24) is 0 Å². The normalized spacial score (nSPS) is 18.1. The van der Waals surface area contributed by atoms with E-state index in [9.17, 15) is 0 Å². The minimum absolute atomic E-state index is 0.249. The summed E-state index contributed by atoms with van der Waals surface area (Å²) < 4.78 is 0. The van der Waals surface area contributed by atoms with Crippen molar-refractivity contribution in [2.45, 2.75) is 21.5 Å². The van der Waals surface area contributed by atoms with Crippen LogP contribution in [0.2, 0.25) is 5.02 Å². The zero-order valence-electron chi connectivity index (χ0n) is 9.06. The number of halogens is 1. The summed E-state index contributed by atoms with van der Waals surface area (Å²) in [6.45, 7) is 0. The van der Waals surface area contributed by atoms with Crippen molar-refractivity contribution < 1.29 is 0 Å². The Morgan fingerprint density at radius 3 is 2.82 bits per heavy atom. The third-order valence-electron chi connectivity index (χ3n) is 2.93. The van der Waals surface area contributed by atoms with Gasteiger partial charge in [0.05, 0.1) is 0 Å². The molecule has 2 aromatic rings. The first-order chi connectivity index (χ1) is 8.24. The lowest BCUT2D eigenvalue weighted by molar-refractivity contribution is 0.909. The molecule has 0 spiro atoms. The monoisotopic (exact) mass is 278 g/mol. The van der Waals surface area contributed by atoms with Crippen LogP contribution >= 0.6 is 36.0 Å². The third-order valence-corrected chi connectivity index (χ3v) is 4.84. The van der Waals surface area contributed by atoms with Gasteiger partial charge < -0.3 is 0 Å². The average molecular weight is 279 g/mol. The van der Waals surface area contributed by atoms with Gasteiger partial charge in [0.25, 0.3) is 0 Å². The fourth-order valence-corrected chi connectivity index (χ4v) is 3.92. The van der Waals surface area contributed by atoms with E-state index in [1.54, 1.807) is 0 Å². The summed E-state index contributed by atoms with van der Waals surface area (Å²) in [6, 6.07) is 14.6. The topological polar surface area (TPSA) is 0 Å². The lowest BCUT2D eigenvalue weighted by Crippen LogP contribution is -1.95. The first kappa shape index (κ1) is 11.5. The van der Waals surface area contributed by atoms with Crippen molar-refractivity contribution in [3.63, 3.8) is 0 Å². The molecule has 3 rings (SSSR count). The first-order valence-corrected chi connectivity index (χ1v) is 7.18. The molecule has 0 radical (unpaired) electrons. The summed E-state index contributed by atoms with van der Waals surface area (Å²) >= 11 is 12.6. The maximum absolute atomic E-state index is 6.05. The summed E-state index contributed by atoms with van der Waals surface area (Å²) in [5.41, 5.74) is 2.60. The summed E-state index contributed by atoms with van der Waals surface area (Å²) in [5, 5.41) is 1.05. The van der Waals surface area contributed by atoms with E-state index in [1.165, 1.54) is 20.9 Å². The Morgan fingerprint density at radius 1 is 1.12 bits per heavy atom. The molecule has 0 fully saturated rings. The summed E-state index contributed by atoms with van der Waals surface area (Å²) in [4.78, 5) is 2.59. The second-order valence-electron chi connectivity index (χ2n) is 4.11. The van der Waals surface area contributed by atoms with E-state index in [-0.39, 0.29) is 5.25 Å². The highest BCUT2D eigenvalue weighted by Crippen LogP contribution is 2.43. The van der Waals surface area contributed by atoms with Gasteiger partial charge in [-0.15, -0.1) is 0 Å². The molecule has 3 heteroatoms. The van der Waals surface area contributed by atoms with Crippen molar-refractivity contribution in [2.75, 3.05) is 0 Å². The van der Waals surface area contributed by atoms with Gasteiger partial charge in [-0.25, -0.2) is 0 Å². The molecule has 1 unspecified atom stereocenters. The Bertz CT molecular complexity index is 566. The van der Waals surface area contributed by atoms with Crippen molar-refractivity contribution in [3.05, 3.63) is 58.6 Å². The van der Waals surface area contributed by atoms with Crippen LogP contribution in [0.5, 0.6) is 0 Å². The van der Waals surface area contributed by atoms with Crippen LogP contribution in [0.25, 0.3) is 0 Å². The molecule has 0 bridgehead atoms. The smallest absolute Gasteiger partial charge is 0.0409 e. The summed E-state index contributed by atoms with van der Waals surface area (Å²) in [5.74, 6) is 0. The molecule has 1 aliphatic rings. The highest BCUT2D eigenvalue weighted by molar-refractivity contribution is 7.99. The van der Waals surface area contributed by atoms with Gasteiger partial charge in [0.1, 0.15) is 0 Å². The second kappa shape index (κ2) is 4.60. The zero-order valence-corrected chi connectivity index (χ0v) is 11.5. The van der Waals surface area contributed by atoms with Gasteiger partial charge in [-0.1, -0.05) is 41.6 Å². The van der Waals surface area contributed by atoms with Crippen LogP contribution in [-0.4, -0.2) is 0 Å². The van der Waals surface area contributed by atoms with Crippen LogP contribution < -0.4 is 0 Å². The van der Waals surface area contributed by atoms with Gasteiger partial charge in [-0.2, -0.15) is 12.6 Å². The molecule has 86 valence electrons. The van der Waals surface area contributed by atoms with Gasteiger partial charge in [0.2, 0.25) is 0 Å². The molecule has 1 aliphatic heterocycles. The standard InChI is InChI=1S/C14H11ClS2/c15-10-5-6-13-9(7-10)8-12(16)11-3-1-2-4-14(11)17-13/h1-7,12,16H,8H2. The van der Waals surface area contributed by atoms with E-state index in [2.05, 4.69) is 36.4 Å². The van der Waals surface area contributed by atoms with Gasteiger partial charge in [-0.3, -0.25) is 0 Å². The number of thiol groups is 1. The van der Waals surface area contributed by atoms with Gasteiger partial charge in [0.15, 0.2) is 0 Å². The molecule has 0 saturated heterocycles. The fraction of sp³-hybridized carbons (Fsp3) is 0.143. The summed E-state index contributed by atoms with van der Waals surface area (Å²) in [6.07, 6.45) is 0.934. The first-order valence-electron chi connectivity index (χ1n) is 5.47. The quantitative estimate of drug-likeness (QED) is 0.660. The molecule has 0 aliphatic carbocycles. The number of hydrogen-bond acceptors (Lipinski definition) is 2. The molecule has 17 heavy (non-hydrogen) atoms. The lowest BCUT2D eigenvalue weighted by atomic mass is 10.0. The molecule has 0 aromatic heterocycles. The maximum atomic E-state index is 6.05. The Labute approximate surface area is 116 Å². The van der Waals surface area contributed by atoms with E-state index in [1.807, 2.05) is 17.8 Å². The van der Waals surface area contributed by atoms with E-state index in [0.29, 0.717) is 0 Å². The van der Waals surface area contributed by atoms with Crippen LogP contribution in [0.15, 0.2) is 52.3 Å². The lowest BCUT2D eigenvalue weighted by Gasteiger charge is -2.10. The van der Waals surface area contributed by atoms with Gasteiger partial charge >= 0.3 is 0 Å². The minimum Gasteiger partial charge on any atom is -0.171 e. The fourth-order valence-electron chi connectivity index (χ4n) is 2.09. The number of hydrogen-bond donors (Lipinski definition) is 1. The molecule has 1 heterocycles. The Balaban J connectivity index is 2.13. The predicted octanol–water partition coefficient (Wildman–Crippen LogP) is 5.02. The molecule has 0 N–H and O–H groups in total. The minimum atomic E-state index is 0.249. The third kappa shape index (κ3) is 2.22. The highest BCUT2D eigenvalue weighted by atomic mass is 35.5. The Hall–Kier alpha value is -0.570. The Morgan fingerprint density at radius 2 is 1.94 bits per heavy atom. The highest BCUT2D eigenvalue weighted by Gasteiger charge is 2.19. The molecule has 0 amide bonds. The van der Waals surface area contributed by atoms with Crippen LogP contribution in [0.1, 0.15) is 16.4 Å². The average Bonchev–Trinajstić information content (AvgIpc) is 2.46. The number of benzene rings is 2. The largest absolute Gasteiger partial charge is 0.171 e. The molecule has 2 aromatic carbocycles. The SMILES string of the molecule is SC1Cc2cc(Cl)ccc2Sc2ccccc21. The Kier molecular flexibility index (Phi) is 3.12. The van der Waals surface area contributed by atoms with Crippen LogP contribution in [-0.2, 0) is 6.42 Å². The van der Waals surface area contributed by atoms with Crippen molar-refractivity contribution in [1.29, 1.82) is 0 Å². The van der Waals surface area contributed by atoms with Crippen LogP contribution in [0, 0.1) is 0 Å². The number of rotatable bonds is 0. The summed E-state index contributed by atoms with van der Waals surface area (Å²) in [7, 11) is 0. The molecular formula is C14H11ClS2. The predicted molar refractivity (Wildman–Crippen MR) is 77.4 cm³/mol. The van der Waals surface area contributed by atoms with Crippen LogP contribution in [0.4, 0.5) is 0 Å². The van der Waals surface area contributed by atoms with Crippen molar-refractivity contribution in [2.24, 2.45) is 0 Å². The molecular weight excluding hydrogens is 268 g/mol. The zero-order chi connectivity index (χ0) is 11.8. The second-order valence-corrected chi connectivity index (χ2v) is 6.26. The maximum Gasteiger partial charge on any atom is 0.0409 e. The van der Waals surface area contributed by atoms with E-state index >= 15 is 0 Å². The molecule has 1 atom stereocenters. The molecule has 0 nitrogen and oxygen atoms in total. The van der Waals surface area contributed by atoms with Crippen molar-refractivity contribution in [3.8, 4) is 0 Å². The van der Waals surface area contributed by atoms with E-state index in [4.69, 9.17) is 24.2 Å².